The van der Waals surface area contributed by atoms with Crippen LogP contribution in [-0.4, -0.2) is 37.2 Å². The van der Waals surface area contributed by atoms with E-state index in [2.05, 4.69) is 9.98 Å². The standard InChI is InChI=1S/C30H25FN4O4S/c1-35-28(36)30(34-29(35)32,23-11-13-27(31)26(17-23)21-7-4-14-33-18-21)22-8-3-9-24(16-22)39-40(37,38)25-12-10-19-5-2-6-20(19)15-25/h3-4,7-18H,2,5-6H2,1H3,(H2,32,34). The highest BCUT2D eigenvalue weighted by Gasteiger charge is 2.50. The number of guanidine groups is 1. The summed E-state index contributed by atoms with van der Waals surface area (Å²) in [5.74, 6) is -1.01. The Morgan fingerprint density at radius 1 is 0.975 bits per heavy atom. The Bertz CT molecular complexity index is 1790. The van der Waals surface area contributed by atoms with Crippen molar-refractivity contribution in [3.63, 3.8) is 0 Å². The quantitative estimate of drug-likeness (QED) is 0.357. The molecule has 1 amide bonds. The van der Waals surface area contributed by atoms with Crippen LogP contribution in [0.2, 0.25) is 0 Å². The Kier molecular flexibility index (Phi) is 6.14. The molecule has 1 atom stereocenters. The van der Waals surface area contributed by atoms with Crippen molar-refractivity contribution in [2.75, 3.05) is 7.05 Å². The van der Waals surface area contributed by atoms with Crippen molar-refractivity contribution in [3.05, 3.63) is 113 Å². The van der Waals surface area contributed by atoms with E-state index in [4.69, 9.17) is 9.92 Å². The third kappa shape index (κ3) is 4.21. The van der Waals surface area contributed by atoms with Crippen LogP contribution >= 0.6 is 0 Å². The number of benzene rings is 3. The molecule has 1 aliphatic heterocycles. The van der Waals surface area contributed by atoms with Gasteiger partial charge in [0.05, 0.1) is 0 Å². The fraction of sp³-hybridized carbons (Fsp3) is 0.167. The van der Waals surface area contributed by atoms with E-state index in [1.54, 1.807) is 42.6 Å². The third-order valence-corrected chi connectivity index (χ3v) is 8.66. The molecule has 2 N–H and O–H groups in total. The molecule has 0 saturated carbocycles. The van der Waals surface area contributed by atoms with E-state index in [-0.39, 0.29) is 22.2 Å². The van der Waals surface area contributed by atoms with Crippen molar-refractivity contribution in [2.24, 2.45) is 10.7 Å². The summed E-state index contributed by atoms with van der Waals surface area (Å²) in [6, 6.07) is 18.8. The average molecular weight is 557 g/mol. The normalized spacial score (nSPS) is 18.5. The fourth-order valence-electron chi connectivity index (χ4n) is 5.33. The van der Waals surface area contributed by atoms with Crippen molar-refractivity contribution in [2.45, 2.75) is 29.7 Å². The lowest BCUT2D eigenvalue weighted by atomic mass is 9.81. The topological polar surface area (TPSA) is 115 Å². The van der Waals surface area contributed by atoms with Gasteiger partial charge in [-0.25, -0.2) is 9.38 Å². The summed E-state index contributed by atoms with van der Waals surface area (Å²) in [6.45, 7) is 0. The monoisotopic (exact) mass is 556 g/mol. The molecule has 202 valence electrons. The number of rotatable bonds is 6. The molecule has 0 saturated heterocycles. The predicted octanol–water partition coefficient (Wildman–Crippen LogP) is 4.17. The number of nitrogens with zero attached hydrogens (tertiary/aromatic N) is 3. The molecule has 6 rings (SSSR count). The highest BCUT2D eigenvalue weighted by atomic mass is 32.2. The number of hydrogen-bond acceptors (Lipinski definition) is 7. The van der Waals surface area contributed by atoms with Crippen LogP contribution in [0.4, 0.5) is 4.39 Å². The maximum atomic E-state index is 14.9. The molecule has 2 heterocycles. The van der Waals surface area contributed by atoms with Crippen LogP contribution in [-0.2, 0) is 33.3 Å². The van der Waals surface area contributed by atoms with Crippen LogP contribution in [0.15, 0.2) is 95.1 Å². The zero-order chi connectivity index (χ0) is 28.1. The highest BCUT2D eigenvalue weighted by molar-refractivity contribution is 7.87. The maximum absolute atomic E-state index is 14.9. The van der Waals surface area contributed by atoms with Crippen molar-refractivity contribution >= 4 is 22.0 Å². The molecule has 10 heteroatoms. The molecule has 8 nitrogen and oxygen atoms in total. The van der Waals surface area contributed by atoms with Crippen LogP contribution in [0.5, 0.6) is 5.75 Å². The van der Waals surface area contributed by atoms with E-state index < -0.39 is 27.4 Å². The zero-order valence-corrected chi connectivity index (χ0v) is 22.4. The van der Waals surface area contributed by atoms with E-state index in [1.165, 1.54) is 48.5 Å². The molecule has 1 aromatic heterocycles. The van der Waals surface area contributed by atoms with Gasteiger partial charge in [-0.15, -0.1) is 0 Å². The van der Waals surface area contributed by atoms with Crippen LogP contribution in [0.1, 0.15) is 28.7 Å². The smallest absolute Gasteiger partial charge is 0.339 e. The van der Waals surface area contributed by atoms with E-state index in [1.807, 2.05) is 6.07 Å². The minimum atomic E-state index is -4.16. The number of carbonyl (C=O) groups excluding carboxylic acids is 1. The van der Waals surface area contributed by atoms with E-state index in [0.29, 0.717) is 16.7 Å². The fourth-order valence-corrected chi connectivity index (χ4v) is 6.30. The summed E-state index contributed by atoms with van der Waals surface area (Å²) in [4.78, 5) is 23.7. The molecule has 0 radical (unpaired) electrons. The molecule has 0 fully saturated rings. The van der Waals surface area contributed by atoms with Crippen LogP contribution in [0.25, 0.3) is 11.1 Å². The predicted molar refractivity (Wildman–Crippen MR) is 148 cm³/mol. The summed E-state index contributed by atoms with van der Waals surface area (Å²) >= 11 is 0. The summed E-state index contributed by atoms with van der Waals surface area (Å²) in [5.41, 5.74) is 7.97. The number of aromatic nitrogens is 1. The maximum Gasteiger partial charge on any atom is 0.339 e. The SMILES string of the molecule is CN1C(=O)C(c2cccc(OS(=O)(=O)c3ccc4c(c3)CCC4)c2)(c2ccc(F)c(-c3cccnc3)c2)N=C1N. The van der Waals surface area contributed by atoms with Gasteiger partial charge in [0.1, 0.15) is 16.5 Å². The Morgan fingerprint density at radius 3 is 2.52 bits per heavy atom. The molecule has 4 aromatic rings. The first kappa shape index (κ1) is 25.7. The number of halogens is 1. The molecule has 3 aromatic carbocycles. The van der Waals surface area contributed by atoms with Crippen LogP contribution < -0.4 is 9.92 Å². The van der Waals surface area contributed by atoms with Crippen molar-refractivity contribution in [1.29, 1.82) is 0 Å². The number of amides is 1. The lowest BCUT2D eigenvalue weighted by Crippen LogP contribution is -2.41. The van der Waals surface area contributed by atoms with Crippen LogP contribution in [0, 0.1) is 5.82 Å². The van der Waals surface area contributed by atoms with Gasteiger partial charge in [-0.1, -0.05) is 30.3 Å². The van der Waals surface area contributed by atoms with Gasteiger partial charge in [-0.2, -0.15) is 8.42 Å². The molecular weight excluding hydrogens is 531 g/mol. The van der Waals surface area contributed by atoms with Gasteiger partial charge in [-0.05, 0) is 84.0 Å². The summed E-state index contributed by atoms with van der Waals surface area (Å²) in [6.07, 6.45) is 5.84. The van der Waals surface area contributed by atoms with Gasteiger partial charge in [0.25, 0.3) is 5.91 Å². The van der Waals surface area contributed by atoms with Gasteiger partial charge in [-0.3, -0.25) is 14.7 Å². The molecular formula is C30H25FN4O4S. The van der Waals surface area contributed by atoms with Gasteiger partial charge < -0.3 is 9.92 Å². The minimum absolute atomic E-state index is 0.00286. The van der Waals surface area contributed by atoms with Crippen molar-refractivity contribution < 1.29 is 21.8 Å². The first-order valence-corrected chi connectivity index (χ1v) is 14.1. The van der Waals surface area contributed by atoms with Crippen LogP contribution in [0.3, 0.4) is 0 Å². The van der Waals surface area contributed by atoms with Crippen molar-refractivity contribution in [3.8, 4) is 16.9 Å². The average Bonchev–Trinajstić information content (AvgIpc) is 3.52. The summed E-state index contributed by atoms with van der Waals surface area (Å²) in [5, 5.41) is 0. The molecule has 2 aliphatic rings. The number of nitrogens with two attached hydrogens (primary N) is 1. The molecule has 1 unspecified atom stereocenters. The molecule has 1 aliphatic carbocycles. The number of carbonyl (C=O) groups is 1. The number of pyridine rings is 1. The Labute approximate surface area is 231 Å². The number of aliphatic imine (C=N–C) groups is 1. The number of hydrogen-bond donors (Lipinski definition) is 1. The second-order valence-electron chi connectivity index (χ2n) is 9.83. The number of aryl methyl sites for hydroxylation is 2. The Hall–Kier alpha value is -4.57. The summed E-state index contributed by atoms with van der Waals surface area (Å²) in [7, 11) is -2.66. The zero-order valence-electron chi connectivity index (χ0n) is 21.5. The second-order valence-corrected chi connectivity index (χ2v) is 11.4. The van der Waals surface area contributed by atoms with Crippen molar-refractivity contribution in [1.82, 2.24) is 9.88 Å². The first-order valence-electron chi connectivity index (χ1n) is 12.7. The lowest BCUT2D eigenvalue weighted by molar-refractivity contribution is -0.129. The van der Waals surface area contributed by atoms with Gasteiger partial charge >= 0.3 is 10.1 Å². The van der Waals surface area contributed by atoms with Gasteiger partial charge in [0.2, 0.25) is 0 Å². The van der Waals surface area contributed by atoms with Gasteiger partial charge in [0, 0.05) is 30.6 Å². The van der Waals surface area contributed by atoms with E-state index >= 15 is 0 Å². The lowest BCUT2D eigenvalue weighted by Gasteiger charge is -2.27. The highest BCUT2D eigenvalue weighted by Crippen LogP contribution is 2.42. The number of fused-ring (bicyclic) bond motifs is 1. The van der Waals surface area contributed by atoms with E-state index in [9.17, 15) is 17.6 Å². The molecule has 0 bridgehead atoms. The molecule has 40 heavy (non-hydrogen) atoms. The Balaban J connectivity index is 1.44. The number of likely N-dealkylation sites (N-methyl/N-ethyl adjacent to an activating group) is 1. The summed E-state index contributed by atoms with van der Waals surface area (Å²) < 4.78 is 46.9. The van der Waals surface area contributed by atoms with Gasteiger partial charge in [0.15, 0.2) is 11.5 Å². The Morgan fingerprint density at radius 2 is 1.77 bits per heavy atom. The first-order chi connectivity index (χ1) is 19.2. The van der Waals surface area contributed by atoms with E-state index in [0.717, 1.165) is 30.4 Å². The minimum Gasteiger partial charge on any atom is -0.379 e. The second kappa shape index (κ2) is 9.56. The largest absolute Gasteiger partial charge is 0.379 e. The molecule has 0 spiro atoms. The third-order valence-electron chi connectivity index (χ3n) is 7.41.